The number of hydrogen-bond donors (Lipinski definition) is 2. The third-order valence-corrected chi connectivity index (χ3v) is 3.51. The number of aliphatic carboxylic acids is 1. The second kappa shape index (κ2) is 5.94. The van der Waals surface area contributed by atoms with E-state index in [0.29, 0.717) is 19.4 Å². The number of fused-ring (bicyclic) bond motifs is 1. The number of carboxylic acids is 1. The van der Waals surface area contributed by atoms with Gasteiger partial charge in [-0.15, -0.1) is 0 Å². The van der Waals surface area contributed by atoms with Crippen molar-refractivity contribution >= 4 is 11.9 Å². The first kappa shape index (κ1) is 14.4. The van der Waals surface area contributed by atoms with Crippen molar-refractivity contribution in [1.82, 2.24) is 5.32 Å². The first-order chi connectivity index (χ1) is 9.47. The molecule has 5 nitrogen and oxygen atoms in total. The smallest absolute Gasteiger partial charge is 0.303 e. The monoisotopic (exact) mass is 277 g/mol. The van der Waals surface area contributed by atoms with Crippen molar-refractivity contribution in [2.24, 2.45) is 0 Å². The molecule has 108 valence electrons. The molecule has 0 aliphatic carbocycles. The van der Waals surface area contributed by atoms with Gasteiger partial charge in [-0.1, -0.05) is 6.07 Å². The summed E-state index contributed by atoms with van der Waals surface area (Å²) in [4.78, 5) is 22.3. The Hall–Kier alpha value is -2.04. The van der Waals surface area contributed by atoms with Gasteiger partial charge in [0.25, 0.3) is 5.91 Å². The highest BCUT2D eigenvalue weighted by atomic mass is 16.5. The number of ether oxygens (including phenoxy) is 1. The van der Waals surface area contributed by atoms with Crippen LogP contribution in [0.3, 0.4) is 0 Å². The van der Waals surface area contributed by atoms with E-state index in [1.807, 2.05) is 19.9 Å². The topological polar surface area (TPSA) is 75.6 Å². The number of carboxylic acid groups (broad SMARTS) is 1. The highest BCUT2D eigenvalue weighted by Crippen LogP contribution is 2.31. The Morgan fingerprint density at radius 3 is 2.75 bits per heavy atom. The van der Waals surface area contributed by atoms with Crippen LogP contribution in [0.1, 0.15) is 29.5 Å². The van der Waals surface area contributed by atoms with E-state index < -0.39 is 12.1 Å². The number of aryl methyl sites for hydroxylation is 2. The van der Waals surface area contributed by atoms with Crippen LogP contribution in [0.2, 0.25) is 0 Å². The number of carbonyl (C=O) groups is 2. The number of benzene rings is 1. The summed E-state index contributed by atoms with van der Waals surface area (Å²) in [7, 11) is 0. The van der Waals surface area contributed by atoms with Gasteiger partial charge in [-0.3, -0.25) is 9.59 Å². The summed E-state index contributed by atoms with van der Waals surface area (Å²) in [6.07, 6.45) is 0.556. The fraction of sp³-hybridized carbons (Fsp3) is 0.467. The van der Waals surface area contributed by atoms with Gasteiger partial charge in [-0.25, -0.2) is 0 Å². The number of rotatable bonds is 5. The Balaban J connectivity index is 1.87. The highest BCUT2D eigenvalue weighted by Gasteiger charge is 2.29. The maximum atomic E-state index is 11.9. The van der Waals surface area contributed by atoms with Crippen molar-refractivity contribution in [3.63, 3.8) is 0 Å². The molecule has 2 rings (SSSR count). The SMILES string of the molecule is Cc1cc2c(cc1C)O[C@H](C(=O)NCCCC(=O)O)C2. The predicted molar refractivity (Wildman–Crippen MR) is 73.9 cm³/mol. The van der Waals surface area contributed by atoms with Gasteiger partial charge in [0.2, 0.25) is 0 Å². The molecule has 1 aliphatic rings. The lowest BCUT2D eigenvalue weighted by molar-refractivity contribution is -0.137. The van der Waals surface area contributed by atoms with Crippen LogP contribution < -0.4 is 10.1 Å². The van der Waals surface area contributed by atoms with Crippen molar-refractivity contribution in [1.29, 1.82) is 0 Å². The number of amides is 1. The predicted octanol–water partition coefficient (Wildman–Crippen LogP) is 1.59. The Labute approximate surface area is 117 Å². The third kappa shape index (κ3) is 3.29. The van der Waals surface area contributed by atoms with Crippen LogP contribution in [0.5, 0.6) is 5.75 Å². The van der Waals surface area contributed by atoms with E-state index in [-0.39, 0.29) is 12.3 Å². The molecule has 0 unspecified atom stereocenters. The molecule has 1 aromatic rings. The van der Waals surface area contributed by atoms with Crippen LogP contribution in [-0.2, 0) is 16.0 Å². The summed E-state index contributed by atoms with van der Waals surface area (Å²) in [5, 5.41) is 11.2. The van der Waals surface area contributed by atoms with Crippen molar-refractivity contribution in [3.05, 3.63) is 28.8 Å². The maximum Gasteiger partial charge on any atom is 0.303 e. The van der Waals surface area contributed by atoms with Crippen LogP contribution in [-0.4, -0.2) is 29.6 Å². The van der Waals surface area contributed by atoms with Gasteiger partial charge in [0.05, 0.1) is 0 Å². The van der Waals surface area contributed by atoms with Crippen molar-refractivity contribution in [2.75, 3.05) is 6.54 Å². The summed E-state index contributed by atoms with van der Waals surface area (Å²) in [5.41, 5.74) is 3.39. The molecular weight excluding hydrogens is 258 g/mol. The fourth-order valence-corrected chi connectivity index (χ4v) is 2.22. The fourth-order valence-electron chi connectivity index (χ4n) is 2.22. The van der Waals surface area contributed by atoms with E-state index in [4.69, 9.17) is 9.84 Å². The largest absolute Gasteiger partial charge is 0.481 e. The minimum Gasteiger partial charge on any atom is -0.481 e. The zero-order chi connectivity index (χ0) is 14.7. The molecule has 1 aromatic carbocycles. The molecule has 1 aliphatic heterocycles. The van der Waals surface area contributed by atoms with E-state index in [9.17, 15) is 9.59 Å². The molecule has 0 aromatic heterocycles. The first-order valence-electron chi connectivity index (χ1n) is 6.73. The normalized spacial score (nSPS) is 16.4. The number of hydrogen-bond acceptors (Lipinski definition) is 3. The third-order valence-electron chi connectivity index (χ3n) is 3.51. The molecule has 0 saturated carbocycles. The van der Waals surface area contributed by atoms with E-state index in [1.165, 1.54) is 5.56 Å². The van der Waals surface area contributed by atoms with Crippen molar-refractivity contribution in [3.8, 4) is 5.75 Å². The molecule has 0 saturated heterocycles. The quantitative estimate of drug-likeness (QED) is 0.801. The maximum absolute atomic E-state index is 11.9. The molecule has 0 spiro atoms. The van der Waals surface area contributed by atoms with Gasteiger partial charge < -0.3 is 15.2 Å². The lowest BCUT2D eigenvalue weighted by atomic mass is 10.0. The molecule has 20 heavy (non-hydrogen) atoms. The summed E-state index contributed by atoms with van der Waals surface area (Å²) in [5.74, 6) is -0.254. The summed E-state index contributed by atoms with van der Waals surface area (Å²) >= 11 is 0. The first-order valence-corrected chi connectivity index (χ1v) is 6.73. The van der Waals surface area contributed by atoms with E-state index in [0.717, 1.165) is 16.9 Å². The highest BCUT2D eigenvalue weighted by molar-refractivity contribution is 5.82. The van der Waals surface area contributed by atoms with Crippen LogP contribution in [0.15, 0.2) is 12.1 Å². The minimum atomic E-state index is -0.852. The Bertz CT molecular complexity index is 508. The van der Waals surface area contributed by atoms with Gasteiger partial charge in [-0.2, -0.15) is 0 Å². The van der Waals surface area contributed by atoms with Gasteiger partial charge in [0.1, 0.15) is 5.75 Å². The second-order valence-electron chi connectivity index (χ2n) is 5.14. The van der Waals surface area contributed by atoms with Crippen LogP contribution >= 0.6 is 0 Å². The zero-order valence-electron chi connectivity index (χ0n) is 11.7. The molecule has 0 fully saturated rings. The zero-order valence-corrected chi connectivity index (χ0v) is 11.7. The van der Waals surface area contributed by atoms with Gasteiger partial charge in [0.15, 0.2) is 6.10 Å². The molecule has 2 N–H and O–H groups in total. The number of nitrogens with one attached hydrogen (secondary N) is 1. The van der Waals surface area contributed by atoms with E-state index in [1.54, 1.807) is 0 Å². The van der Waals surface area contributed by atoms with Gasteiger partial charge in [-0.05, 0) is 43.0 Å². The average Bonchev–Trinajstić information content (AvgIpc) is 2.77. The Morgan fingerprint density at radius 1 is 1.35 bits per heavy atom. The van der Waals surface area contributed by atoms with E-state index in [2.05, 4.69) is 11.4 Å². The van der Waals surface area contributed by atoms with Crippen molar-refractivity contribution < 1.29 is 19.4 Å². The van der Waals surface area contributed by atoms with Crippen LogP contribution in [0.4, 0.5) is 0 Å². The van der Waals surface area contributed by atoms with Crippen LogP contribution in [0.25, 0.3) is 0 Å². The lowest BCUT2D eigenvalue weighted by Gasteiger charge is -2.11. The second-order valence-corrected chi connectivity index (χ2v) is 5.14. The summed E-state index contributed by atoms with van der Waals surface area (Å²) in [6.45, 7) is 4.41. The van der Waals surface area contributed by atoms with Gasteiger partial charge >= 0.3 is 5.97 Å². The minimum absolute atomic E-state index is 0.0599. The van der Waals surface area contributed by atoms with Gasteiger partial charge in [0, 0.05) is 19.4 Å². The number of carbonyl (C=O) groups excluding carboxylic acids is 1. The lowest BCUT2D eigenvalue weighted by Crippen LogP contribution is -2.38. The average molecular weight is 277 g/mol. The standard InChI is InChI=1S/C15H19NO4/c1-9-6-11-8-13(20-12(11)7-10(9)2)15(19)16-5-3-4-14(17)18/h6-7,13H,3-5,8H2,1-2H3,(H,16,19)(H,17,18)/t13-/m0/s1. The Morgan fingerprint density at radius 2 is 2.05 bits per heavy atom. The van der Waals surface area contributed by atoms with Crippen molar-refractivity contribution in [2.45, 2.75) is 39.2 Å². The molecule has 0 bridgehead atoms. The molecule has 5 heteroatoms. The molecule has 0 radical (unpaired) electrons. The molecule has 1 heterocycles. The Kier molecular flexibility index (Phi) is 4.27. The van der Waals surface area contributed by atoms with E-state index >= 15 is 0 Å². The summed E-state index contributed by atoms with van der Waals surface area (Å²) in [6, 6.07) is 4.02. The van der Waals surface area contributed by atoms with Crippen LogP contribution in [0, 0.1) is 13.8 Å². The molecule has 1 atom stereocenters. The molecular formula is C15H19NO4. The summed E-state index contributed by atoms with van der Waals surface area (Å²) < 4.78 is 5.65. The molecule has 1 amide bonds.